The fourth-order valence-electron chi connectivity index (χ4n) is 0.839. The van der Waals surface area contributed by atoms with Crippen molar-refractivity contribution in [2.75, 3.05) is 6.54 Å². The summed E-state index contributed by atoms with van der Waals surface area (Å²) in [6.07, 6.45) is 0.499. The Bertz CT molecular complexity index is 192. The minimum atomic E-state index is -1.58. The van der Waals surface area contributed by atoms with Crippen LogP contribution >= 0.6 is 58.0 Å². The molecule has 0 fully saturated rings. The number of hydrogen-bond donors (Lipinski definition) is 0. The van der Waals surface area contributed by atoms with Crippen molar-refractivity contribution < 1.29 is 0 Å². The first-order valence-electron chi connectivity index (χ1n) is 2.84. The third kappa shape index (κ3) is 2.28. The van der Waals surface area contributed by atoms with Crippen molar-refractivity contribution in [1.29, 1.82) is 0 Å². The van der Waals surface area contributed by atoms with E-state index in [2.05, 4.69) is 4.99 Å². The van der Waals surface area contributed by atoms with Crippen LogP contribution in [-0.2, 0) is 0 Å². The summed E-state index contributed by atoms with van der Waals surface area (Å²) in [5.74, 6) is 0. The lowest BCUT2D eigenvalue weighted by Crippen LogP contribution is -2.32. The molecule has 0 radical (unpaired) electrons. The van der Waals surface area contributed by atoms with Gasteiger partial charge >= 0.3 is 0 Å². The summed E-state index contributed by atoms with van der Waals surface area (Å²) >= 11 is 28.3. The molecule has 0 bridgehead atoms. The van der Waals surface area contributed by atoms with Crippen molar-refractivity contribution in [3.63, 3.8) is 0 Å². The summed E-state index contributed by atoms with van der Waals surface area (Å²) < 4.78 is -2.69. The Morgan fingerprint density at radius 2 is 1.82 bits per heavy atom. The van der Waals surface area contributed by atoms with Gasteiger partial charge in [-0.25, -0.2) is 0 Å². The van der Waals surface area contributed by atoms with Crippen molar-refractivity contribution in [1.82, 2.24) is 0 Å². The quantitative estimate of drug-likeness (QED) is 0.588. The van der Waals surface area contributed by atoms with E-state index in [1.165, 1.54) is 0 Å². The molecule has 1 rings (SSSR count). The molecule has 0 spiro atoms. The Morgan fingerprint density at radius 1 is 1.27 bits per heavy atom. The number of hydrogen-bond acceptors (Lipinski definition) is 1. The molecular weight excluding hydrogens is 251 g/mol. The number of halogens is 5. The van der Waals surface area contributed by atoms with Crippen molar-refractivity contribution >= 4 is 63.7 Å². The minimum Gasteiger partial charge on any atom is -0.286 e. The Hall–Kier alpha value is 1.12. The first-order chi connectivity index (χ1) is 4.84. The molecule has 1 heterocycles. The van der Waals surface area contributed by atoms with Gasteiger partial charge < -0.3 is 0 Å². The predicted octanol–water partition coefficient (Wildman–Crippen LogP) is 3.38. The molecule has 0 saturated carbocycles. The van der Waals surface area contributed by atoms with Crippen LogP contribution in [0.25, 0.3) is 0 Å². The monoisotopic (exact) mass is 253 g/mol. The summed E-state index contributed by atoms with van der Waals surface area (Å²) in [6.45, 7) is 0.510. The van der Waals surface area contributed by atoms with Crippen LogP contribution in [0.3, 0.4) is 0 Å². The van der Waals surface area contributed by atoms with Gasteiger partial charge in [-0.2, -0.15) is 0 Å². The average molecular weight is 255 g/mol. The lowest BCUT2D eigenvalue weighted by atomic mass is 10.2. The zero-order valence-corrected chi connectivity index (χ0v) is 9.03. The number of alkyl halides is 5. The van der Waals surface area contributed by atoms with E-state index in [9.17, 15) is 0 Å². The Balaban J connectivity index is 2.89. The fraction of sp³-hybridized carbons (Fsp3) is 0.800. The van der Waals surface area contributed by atoms with Gasteiger partial charge in [0.15, 0.2) is 4.33 Å². The third-order valence-electron chi connectivity index (χ3n) is 1.31. The van der Waals surface area contributed by atoms with Gasteiger partial charge in [0, 0.05) is 13.0 Å². The maximum atomic E-state index is 5.80. The van der Waals surface area contributed by atoms with Gasteiger partial charge in [-0.1, -0.05) is 58.0 Å². The molecule has 64 valence electrons. The molecule has 0 aromatic carbocycles. The molecule has 11 heavy (non-hydrogen) atoms. The van der Waals surface area contributed by atoms with Crippen LogP contribution in [0.5, 0.6) is 0 Å². The van der Waals surface area contributed by atoms with Gasteiger partial charge in [0.2, 0.25) is 3.79 Å². The first-order valence-corrected chi connectivity index (χ1v) is 4.73. The van der Waals surface area contributed by atoms with Gasteiger partial charge in [0.25, 0.3) is 0 Å². The van der Waals surface area contributed by atoms with E-state index in [-0.39, 0.29) is 5.71 Å². The van der Waals surface area contributed by atoms with Crippen LogP contribution in [0.4, 0.5) is 0 Å². The van der Waals surface area contributed by atoms with E-state index >= 15 is 0 Å². The minimum absolute atomic E-state index is 0.221. The maximum absolute atomic E-state index is 5.80. The Labute approximate surface area is 89.6 Å². The average Bonchev–Trinajstić information content (AvgIpc) is 2.06. The van der Waals surface area contributed by atoms with Gasteiger partial charge in [0.1, 0.15) is 0 Å². The topological polar surface area (TPSA) is 12.4 Å². The molecular formula is C5H4Cl5N. The molecule has 0 aromatic heterocycles. The van der Waals surface area contributed by atoms with Gasteiger partial charge in [0.05, 0.1) is 5.71 Å². The molecule has 1 nitrogen and oxygen atoms in total. The molecule has 6 heteroatoms. The molecule has 0 amide bonds. The molecule has 0 aliphatic carbocycles. The normalized spacial score (nSPS) is 23.5. The van der Waals surface area contributed by atoms with Crippen LogP contribution in [0, 0.1) is 0 Å². The van der Waals surface area contributed by atoms with Crippen molar-refractivity contribution in [3.8, 4) is 0 Å². The Morgan fingerprint density at radius 3 is 2.00 bits per heavy atom. The van der Waals surface area contributed by atoms with Crippen LogP contribution < -0.4 is 0 Å². The third-order valence-corrected chi connectivity index (χ3v) is 2.58. The molecule has 0 saturated heterocycles. The largest absolute Gasteiger partial charge is 0.286 e. The smallest absolute Gasteiger partial charge is 0.231 e. The molecule has 0 unspecified atom stereocenters. The van der Waals surface area contributed by atoms with Crippen LogP contribution in [0.2, 0.25) is 0 Å². The van der Waals surface area contributed by atoms with Gasteiger partial charge in [-0.15, -0.1) is 0 Å². The molecule has 0 N–H and O–H groups in total. The molecule has 1 aliphatic heterocycles. The Kier molecular flexibility index (Phi) is 2.89. The first kappa shape index (κ1) is 10.2. The highest BCUT2D eigenvalue weighted by Gasteiger charge is 2.45. The highest BCUT2D eigenvalue weighted by molar-refractivity contribution is 6.81. The standard InChI is InChI=1S/C5H4Cl5N/c6-4(7)1-2-11-3(4)5(8,9)10/h1-2H2. The van der Waals surface area contributed by atoms with Crippen LogP contribution in [0.15, 0.2) is 4.99 Å². The second kappa shape index (κ2) is 3.12. The van der Waals surface area contributed by atoms with Crippen molar-refractivity contribution in [3.05, 3.63) is 0 Å². The van der Waals surface area contributed by atoms with E-state index < -0.39 is 8.13 Å². The SMILES string of the molecule is ClC(Cl)(Cl)C1=NCCC1(Cl)Cl. The number of rotatable bonds is 0. The molecule has 1 aliphatic rings. The van der Waals surface area contributed by atoms with Crippen molar-refractivity contribution in [2.45, 2.75) is 14.5 Å². The van der Waals surface area contributed by atoms with Crippen molar-refractivity contribution in [2.24, 2.45) is 4.99 Å². The van der Waals surface area contributed by atoms with Crippen LogP contribution in [-0.4, -0.2) is 20.4 Å². The van der Waals surface area contributed by atoms with Crippen LogP contribution in [0.1, 0.15) is 6.42 Å². The maximum Gasteiger partial charge on any atom is 0.231 e. The van der Waals surface area contributed by atoms with E-state index in [1.807, 2.05) is 0 Å². The zero-order chi connectivity index (χ0) is 8.70. The van der Waals surface area contributed by atoms with Gasteiger partial charge in [-0.3, -0.25) is 4.99 Å². The summed E-state index contributed by atoms with van der Waals surface area (Å²) in [4.78, 5) is 3.92. The summed E-state index contributed by atoms with van der Waals surface area (Å²) in [5.41, 5.74) is 0.221. The lowest BCUT2D eigenvalue weighted by molar-refractivity contribution is 0.909. The number of aliphatic imine (C=N–C) groups is 1. The van der Waals surface area contributed by atoms with E-state index in [1.54, 1.807) is 0 Å². The molecule has 0 atom stereocenters. The summed E-state index contributed by atoms with van der Waals surface area (Å²) in [7, 11) is 0. The second-order valence-electron chi connectivity index (χ2n) is 2.18. The highest BCUT2D eigenvalue weighted by Crippen LogP contribution is 2.42. The van der Waals surface area contributed by atoms with E-state index in [0.717, 1.165) is 0 Å². The lowest BCUT2D eigenvalue weighted by Gasteiger charge is -2.20. The molecule has 0 aromatic rings. The van der Waals surface area contributed by atoms with E-state index in [4.69, 9.17) is 58.0 Å². The van der Waals surface area contributed by atoms with Gasteiger partial charge in [-0.05, 0) is 0 Å². The highest BCUT2D eigenvalue weighted by atomic mass is 35.6. The number of nitrogens with zero attached hydrogens (tertiary/aromatic N) is 1. The van der Waals surface area contributed by atoms with E-state index in [0.29, 0.717) is 13.0 Å². The zero-order valence-electron chi connectivity index (χ0n) is 5.25. The summed E-state index contributed by atoms with van der Waals surface area (Å²) in [6, 6.07) is 0. The summed E-state index contributed by atoms with van der Waals surface area (Å²) in [5, 5.41) is 0. The fourth-order valence-corrected chi connectivity index (χ4v) is 2.36. The second-order valence-corrected chi connectivity index (χ2v) is 5.95. The predicted molar refractivity (Wildman–Crippen MR) is 51.6 cm³/mol.